The SMILES string of the molecule is CCc1c(C(=O)N/N=C\c2cc(C(C)(C)C)c(O)c(C(C)(C)C)c2)nnn1-c1nonc1N. The van der Waals surface area contributed by atoms with E-state index in [1.807, 2.05) is 60.6 Å². The number of benzene rings is 1. The third-order valence-electron chi connectivity index (χ3n) is 5.14. The van der Waals surface area contributed by atoms with Gasteiger partial charge >= 0.3 is 0 Å². The number of carbonyl (C=O) groups excluding carboxylic acids is 1. The first-order valence-electron chi connectivity index (χ1n) is 10.6. The summed E-state index contributed by atoms with van der Waals surface area (Å²) in [6, 6.07) is 3.74. The van der Waals surface area contributed by atoms with Crippen molar-refractivity contribution in [1.82, 2.24) is 30.7 Å². The van der Waals surface area contributed by atoms with Crippen molar-refractivity contribution in [3.8, 4) is 11.6 Å². The molecule has 4 N–H and O–H groups in total. The monoisotopic (exact) mass is 454 g/mol. The molecule has 0 saturated carbocycles. The first-order valence-corrected chi connectivity index (χ1v) is 10.6. The molecular formula is C22H30N8O3. The van der Waals surface area contributed by atoms with Crippen LogP contribution in [0, 0.1) is 0 Å². The van der Waals surface area contributed by atoms with Crippen LogP contribution in [-0.4, -0.2) is 42.5 Å². The van der Waals surface area contributed by atoms with Gasteiger partial charge in [-0.25, -0.2) is 10.1 Å². The minimum Gasteiger partial charge on any atom is -0.507 e. The fraction of sp³-hybridized carbons (Fsp3) is 0.455. The Bertz CT molecular complexity index is 1160. The Labute approximate surface area is 192 Å². The number of amides is 1. The minimum atomic E-state index is -0.532. The number of aromatic hydroxyl groups is 1. The molecular weight excluding hydrogens is 424 g/mol. The Morgan fingerprint density at radius 1 is 1.18 bits per heavy atom. The number of phenols is 1. The normalized spacial score (nSPS) is 12.5. The minimum absolute atomic E-state index is 0.0382. The number of hydrazone groups is 1. The number of nitrogens with one attached hydrogen (secondary N) is 1. The quantitative estimate of drug-likeness (QED) is 0.392. The summed E-state index contributed by atoms with van der Waals surface area (Å²) in [5, 5.41) is 30.1. The van der Waals surface area contributed by atoms with Crippen LogP contribution in [-0.2, 0) is 17.3 Å². The highest BCUT2D eigenvalue weighted by Gasteiger charge is 2.26. The van der Waals surface area contributed by atoms with Crippen LogP contribution >= 0.6 is 0 Å². The van der Waals surface area contributed by atoms with Crippen molar-refractivity contribution in [2.75, 3.05) is 5.73 Å². The van der Waals surface area contributed by atoms with Gasteiger partial charge in [0, 0.05) is 11.1 Å². The van der Waals surface area contributed by atoms with E-state index < -0.39 is 5.91 Å². The summed E-state index contributed by atoms with van der Waals surface area (Å²) in [7, 11) is 0. The summed E-state index contributed by atoms with van der Waals surface area (Å²) < 4.78 is 5.92. The van der Waals surface area contributed by atoms with Crippen LogP contribution in [0.25, 0.3) is 5.82 Å². The van der Waals surface area contributed by atoms with Crippen LogP contribution < -0.4 is 11.2 Å². The molecule has 0 spiro atoms. The molecule has 0 bridgehead atoms. The lowest BCUT2D eigenvalue weighted by atomic mass is 9.78. The van der Waals surface area contributed by atoms with Gasteiger partial charge < -0.3 is 10.8 Å². The third-order valence-corrected chi connectivity index (χ3v) is 5.14. The van der Waals surface area contributed by atoms with E-state index in [1.54, 1.807) is 0 Å². The summed E-state index contributed by atoms with van der Waals surface area (Å²) in [5.41, 5.74) is 10.6. The van der Waals surface area contributed by atoms with Crippen molar-refractivity contribution < 1.29 is 14.5 Å². The molecule has 176 valence electrons. The Morgan fingerprint density at radius 2 is 1.79 bits per heavy atom. The molecule has 0 radical (unpaired) electrons. The number of rotatable bonds is 5. The number of nitrogens with two attached hydrogens (primary N) is 1. The Balaban J connectivity index is 1.88. The molecule has 0 saturated heterocycles. The molecule has 11 heteroatoms. The van der Waals surface area contributed by atoms with Gasteiger partial charge in [0.15, 0.2) is 5.69 Å². The zero-order chi connectivity index (χ0) is 24.6. The molecule has 0 aliphatic carbocycles. The van der Waals surface area contributed by atoms with E-state index in [4.69, 9.17) is 5.73 Å². The summed E-state index contributed by atoms with van der Waals surface area (Å²) in [6.07, 6.45) is 1.98. The molecule has 0 fully saturated rings. The lowest BCUT2D eigenvalue weighted by Crippen LogP contribution is -2.21. The fourth-order valence-electron chi connectivity index (χ4n) is 3.40. The van der Waals surface area contributed by atoms with Gasteiger partial charge in [0.1, 0.15) is 5.75 Å². The smallest absolute Gasteiger partial charge is 0.293 e. The summed E-state index contributed by atoms with van der Waals surface area (Å²) in [6.45, 7) is 14.0. The molecule has 0 aliphatic rings. The maximum atomic E-state index is 12.7. The van der Waals surface area contributed by atoms with Gasteiger partial charge in [0.2, 0.25) is 11.6 Å². The summed E-state index contributed by atoms with van der Waals surface area (Å²) in [4.78, 5) is 12.7. The zero-order valence-corrected chi connectivity index (χ0v) is 20.0. The summed E-state index contributed by atoms with van der Waals surface area (Å²) in [5.74, 6) is -0.0520. The zero-order valence-electron chi connectivity index (χ0n) is 20.0. The van der Waals surface area contributed by atoms with Crippen LogP contribution in [0.3, 0.4) is 0 Å². The molecule has 2 heterocycles. The lowest BCUT2D eigenvalue weighted by Gasteiger charge is -2.27. The average Bonchev–Trinajstić information content (AvgIpc) is 3.32. The van der Waals surface area contributed by atoms with Crippen molar-refractivity contribution in [3.63, 3.8) is 0 Å². The number of anilines is 1. The number of aromatic nitrogens is 5. The van der Waals surface area contributed by atoms with Gasteiger partial charge in [-0.3, -0.25) is 4.79 Å². The third kappa shape index (κ3) is 4.86. The van der Waals surface area contributed by atoms with E-state index >= 15 is 0 Å². The Hall–Kier alpha value is -3.76. The van der Waals surface area contributed by atoms with Gasteiger partial charge in [-0.05, 0) is 45.3 Å². The van der Waals surface area contributed by atoms with E-state index in [1.165, 1.54) is 10.9 Å². The van der Waals surface area contributed by atoms with Crippen molar-refractivity contribution in [2.45, 2.75) is 65.7 Å². The van der Waals surface area contributed by atoms with Crippen molar-refractivity contribution >= 4 is 17.9 Å². The molecule has 0 unspecified atom stereocenters. The molecule has 1 amide bonds. The molecule has 33 heavy (non-hydrogen) atoms. The van der Waals surface area contributed by atoms with E-state index in [0.29, 0.717) is 12.1 Å². The van der Waals surface area contributed by atoms with E-state index in [-0.39, 0.29) is 33.9 Å². The predicted octanol–water partition coefficient (Wildman–Crippen LogP) is 2.86. The number of nitrogens with zero attached hydrogens (tertiary/aromatic N) is 6. The van der Waals surface area contributed by atoms with Gasteiger partial charge in [0.25, 0.3) is 5.91 Å². The highest BCUT2D eigenvalue weighted by atomic mass is 16.6. The standard InChI is InChI=1S/C22H30N8O3/c1-8-15-16(25-29-30(15)19-18(23)27-33-28-19)20(32)26-24-11-12-9-13(21(2,3)4)17(31)14(10-12)22(5,6)7/h9-11,31H,8H2,1-7H3,(H2,23,27)(H,26,32)/b24-11-. The molecule has 3 rings (SSSR count). The maximum absolute atomic E-state index is 12.7. The van der Waals surface area contributed by atoms with E-state index in [9.17, 15) is 9.90 Å². The highest BCUT2D eigenvalue weighted by molar-refractivity contribution is 5.94. The Kier molecular flexibility index (Phi) is 6.26. The molecule has 0 atom stereocenters. The van der Waals surface area contributed by atoms with Crippen molar-refractivity contribution in [2.24, 2.45) is 5.10 Å². The van der Waals surface area contributed by atoms with E-state index in [0.717, 1.165) is 16.7 Å². The van der Waals surface area contributed by atoms with E-state index in [2.05, 4.69) is 35.8 Å². The average molecular weight is 455 g/mol. The molecule has 1 aromatic carbocycles. The van der Waals surface area contributed by atoms with Gasteiger partial charge in [-0.15, -0.1) is 5.10 Å². The van der Waals surface area contributed by atoms with Crippen LogP contribution in [0.2, 0.25) is 0 Å². The first-order chi connectivity index (χ1) is 15.3. The molecule has 2 aromatic heterocycles. The predicted molar refractivity (Wildman–Crippen MR) is 124 cm³/mol. The second kappa shape index (κ2) is 8.64. The number of hydrogen-bond acceptors (Lipinski definition) is 9. The van der Waals surface area contributed by atoms with Crippen LogP contribution in [0.15, 0.2) is 21.9 Å². The van der Waals surface area contributed by atoms with Gasteiger partial charge in [-0.1, -0.05) is 53.7 Å². The number of nitrogen functional groups attached to an aromatic ring is 1. The molecule has 11 nitrogen and oxygen atoms in total. The second-order valence-electron chi connectivity index (χ2n) is 9.79. The summed E-state index contributed by atoms with van der Waals surface area (Å²) >= 11 is 0. The van der Waals surface area contributed by atoms with Crippen molar-refractivity contribution in [3.05, 3.63) is 40.2 Å². The highest BCUT2D eigenvalue weighted by Crippen LogP contribution is 2.39. The maximum Gasteiger partial charge on any atom is 0.293 e. The second-order valence-corrected chi connectivity index (χ2v) is 9.79. The number of hydrogen-bond donors (Lipinski definition) is 3. The lowest BCUT2D eigenvalue weighted by molar-refractivity contribution is 0.0949. The first kappa shape index (κ1) is 23.9. The largest absolute Gasteiger partial charge is 0.507 e. The van der Waals surface area contributed by atoms with Crippen molar-refractivity contribution in [1.29, 1.82) is 0 Å². The molecule has 0 aliphatic heterocycles. The number of phenolic OH excluding ortho intramolecular Hbond substituents is 1. The Morgan fingerprint density at radius 3 is 2.27 bits per heavy atom. The number of carbonyl (C=O) groups is 1. The van der Waals surface area contributed by atoms with Gasteiger partial charge in [-0.2, -0.15) is 9.78 Å². The van der Waals surface area contributed by atoms with Crippen LogP contribution in [0.1, 0.15) is 81.3 Å². The van der Waals surface area contributed by atoms with Crippen LogP contribution in [0.4, 0.5) is 5.82 Å². The fourth-order valence-corrected chi connectivity index (χ4v) is 3.40. The topological polar surface area (TPSA) is 157 Å². The van der Waals surface area contributed by atoms with Gasteiger partial charge in [0.05, 0.1) is 11.9 Å². The molecule has 3 aromatic rings. The van der Waals surface area contributed by atoms with Crippen LogP contribution in [0.5, 0.6) is 5.75 Å².